The van der Waals surface area contributed by atoms with E-state index in [1.807, 2.05) is 29.3 Å². The zero-order valence-electron chi connectivity index (χ0n) is 17.9. The highest BCUT2D eigenvalue weighted by Crippen LogP contribution is 2.41. The van der Waals surface area contributed by atoms with Gasteiger partial charge in [0.1, 0.15) is 6.17 Å². The molecular formula is C25H23FN4O3. The number of carbonyl (C=O) groups excluding carboxylic acids is 1. The van der Waals surface area contributed by atoms with Gasteiger partial charge < -0.3 is 10.0 Å². The van der Waals surface area contributed by atoms with E-state index in [9.17, 15) is 19.1 Å². The molecule has 1 aliphatic carbocycles. The van der Waals surface area contributed by atoms with Crippen LogP contribution in [0.1, 0.15) is 58.0 Å². The van der Waals surface area contributed by atoms with E-state index in [1.54, 1.807) is 4.90 Å². The molecule has 7 nitrogen and oxygen atoms in total. The minimum Gasteiger partial charge on any atom is -0.502 e. The zero-order valence-corrected chi connectivity index (χ0v) is 17.9. The van der Waals surface area contributed by atoms with Crippen LogP contribution in [0.5, 0.6) is 5.75 Å². The number of nitrogens with zero attached hydrogens (tertiary/aromatic N) is 4. The number of aryl methyl sites for hydroxylation is 2. The van der Waals surface area contributed by atoms with Crippen molar-refractivity contribution in [3.63, 3.8) is 0 Å². The molecule has 2 aromatic carbocycles. The van der Waals surface area contributed by atoms with Gasteiger partial charge in [-0.05, 0) is 54.4 Å². The van der Waals surface area contributed by atoms with Crippen molar-refractivity contribution in [2.45, 2.75) is 44.3 Å². The summed E-state index contributed by atoms with van der Waals surface area (Å²) in [6.07, 6.45) is 3.75. The van der Waals surface area contributed by atoms with Gasteiger partial charge in [-0.15, -0.1) is 5.10 Å². The number of hydrogen-bond donors (Lipinski definition) is 1. The van der Waals surface area contributed by atoms with Gasteiger partial charge in [-0.1, -0.05) is 48.5 Å². The molecule has 1 amide bonds. The molecule has 6 rings (SSSR count). The molecular weight excluding hydrogens is 423 g/mol. The third-order valence-corrected chi connectivity index (χ3v) is 7.10. The first kappa shape index (κ1) is 20.0. The molecule has 0 saturated carbocycles. The molecule has 1 aromatic heterocycles. The lowest BCUT2D eigenvalue weighted by molar-refractivity contribution is 0.0435. The minimum atomic E-state index is -1.33. The van der Waals surface area contributed by atoms with Crippen LogP contribution >= 0.6 is 0 Å². The Morgan fingerprint density at radius 3 is 2.24 bits per heavy atom. The number of aromatic nitrogens is 2. The average molecular weight is 446 g/mol. The second-order valence-corrected chi connectivity index (χ2v) is 8.86. The largest absolute Gasteiger partial charge is 0.502 e. The second-order valence-electron chi connectivity index (χ2n) is 8.86. The number of hydrogen-bond acceptors (Lipinski definition) is 5. The summed E-state index contributed by atoms with van der Waals surface area (Å²) < 4.78 is 14.6. The highest BCUT2D eigenvalue weighted by molar-refractivity contribution is 5.96. The van der Waals surface area contributed by atoms with E-state index >= 15 is 0 Å². The first-order valence-electron chi connectivity index (χ1n) is 11.3. The van der Waals surface area contributed by atoms with Crippen molar-refractivity contribution in [1.29, 1.82) is 0 Å². The highest BCUT2D eigenvalue weighted by Gasteiger charge is 2.46. The normalized spacial score (nSPS) is 19.9. The number of fused-ring (bicyclic) bond motifs is 4. The molecule has 168 valence electrons. The number of carbonyl (C=O) groups is 1. The Bertz CT molecular complexity index is 1290. The van der Waals surface area contributed by atoms with Crippen LogP contribution in [0.15, 0.2) is 53.3 Å². The van der Waals surface area contributed by atoms with Crippen molar-refractivity contribution >= 4 is 5.91 Å². The fraction of sp³-hybridized carbons (Fsp3) is 0.320. The molecule has 0 spiro atoms. The number of amides is 1. The summed E-state index contributed by atoms with van der Waals surface area (Å²) in [6.45, 7) is 0.501. The highest BCUT2D eigenvalue weighted by atomic mass is 19.1. The van der Waals surface area contributed by atoms with Crippen LogP contribution in [0.4, 0.5) is 4.39 Å². The molecule has 0 unspecified atom stereocenters. The standard InChI is InChI=1S/C25H23FN4O3/c26-24-23(32)22(31)21-25(33)28-14-6-5-11-19(28)29(30(21)27-24)20-17-9-3-1-7-15(17)12-13-16-8-2-4-10-18(16)20/h1-4,7-10,19-20,31H,5-6,11-14H2/t19-/m1/s1. The fourth-order valence-electron chi connectivity index (χ4n) is 5.58. The monoisotopic (exact) mass is 446 g/mol. The first-order chi connectivity index (χ1) is 16.1. The van der Waals surface area contributed by atoms with Gasteiger partial charge in [0.25, 0.3) is 17.3 Å². The maximum Gasteiger partial charge on any atom is 0.284 e. The maximum atomic E-state index is 14.6. The quantitative estimate of drug-likeness (QED) is 0.622. The van der Waals surface area contributed by atoms with Crippen molar-refractivity contribution in [1.82, 2.24) is 14.8 Å². The van der Waals surface area contributed by atoms with Gasteiger partial charge in [0.15, 0.2) is 5.69 Å². The van der Waals surface area contributed by atoms with Gasteiger partial charge in [0, 0.05) is 6.54 Å². The molecule has 0 bridgehead atoms. The smallest absolute Gasteiger partial charge is 0.284 e. The Labute approximate surface area is 189 Å². The molecule has 1 atom stereocenters. The van der Waals surface area contributed by atoms with Crippen molar-refractivity contribution in [3.05, 3.63) is 92.6 Å². The van der Waals surface area contributed by atoms with E-state index in [0.717, 1.165) is 41.6 Å². The summed E-state index contributed by atoms with van der Waals surface area (Å²) in [5.74, 6) is -2.71. The van der Waals surface area contributed by atoms with E-state index in [2.05, 4.69) is 29.4 Å². The molecule has 8 heteroatoms. The molecule has 1 fully saturated rings. The molecule has 0 radical (unpaired) electrons. The third-order valence-electron chi connectivity index (χ3n) is 7.10. The van der Waals surface area contributed by atoms with E-state index in [0.29, 0.717) is 13.0 Å². The third kappa shape index (κ3) is 2.90. The van der Waals surface area contributed by atoms with Crippen LogP contribution in [0.25, 0.3) is 0 Å². The Kier molecular flexibility index (Phi) is 4.50. The number of benzene rings is 2. The SMILES string of the molecule is O=C1c2c(O)c(=O)c(F)nn2N(C2c3ccccc3CCc3ccccc32)[C@@H]2CCCCN12. The van der Waals surface area contributed by atoms with Crippen LogP contribution in [0.3, 0.4) is 0 Å². The van der Waals surface area contributed by atoms with Crippen LogP contribution in [-0.4, -0.2) is 38.5 Å². The van der Waals surface area contributed by atoms with E-state index in [-0.39, 0.29) is 17.9 Å². The van der Waals surface area contributed by atoms with Gasteiger partial charge in [0.05, 0.1) is 6.04 Å². The van der Waals surface area contributed by atoms with Crippen LogP contribution in [0, 0.1) is 5.95 Å². The van der Waals surface area contributed by atoms with Crippen molar-refractivity contribution < 1.29 is 14.3 Å². The van der Waals surface area contributed by atoms with Crippen molar-refractivity contribution in [2.24, 2.45) is 0 Å². The number of halogens is 1. The van der Waals surface area contributed by atoms with Gasteiger partial charge in [-0.25, -0.2) is 0 Å². The minimum absolute atomic E-state index is 0.279. The van der Waals surface area contributed by atoms with E-state index < -0.39 is 23.0 Å². The summed E-state index contributed by atoms with van der Waals surface area (Å²) in [7, 11) is 0. The van der Waals surface area contributed by atoms with Gasteiger partial charge >= 0.3 is 0 Å². The van der Waals surface area contributed by atoms with Crippen LogP contribution < -0.4 is 10.4 Å². The first-order valence-corrected chi connectivity index (χ1v) is 11.3. The van der Waals surface area contributed by atoms with Gasteiger partial charge in [-0.3, -0.25) is 14.6 Å². The summed E-state index contributed by atoms with van der Waals surface area (Å²) in [5.41, 5.74) is 2.91. The molecule has 1 N–H and O–H groups in total. The number of rotatable bonds is 1. The lowest BCUT2D eigenvalue weighted by Gasteiger charge is -2.50. The Morgan fingerprint density at radius 1 is 0.939 bits per heavy atom. The van der Waals surface area contributed by atoms with Gasteiger partial charge in [0.2, 0.25) is 5.75 Å². The fourth-order valence-corrected chi connectivity index (χ4v) is 5.58. The summed E-state index contributed by atoms with van der Waals surface area (Å²) >= 11 is 0. The van der Waals surface area contributed by atoms with E-state index in [4.69, 9.17) is 0 Å². The maximum absolute atomic E-state index is 14.6. The second kappa shape index (κ2) is 7.43. The Morgan fingerprint density at radius 2 is 1.58 bits per heavy atom. The molecule has 1 saturated heterocycles. The van der Waals surface area contributed by atoms with Gasteiger partial charge in [-0.2, -0.15) is 9.18 Å². The molecule has 2 aliphatic heterocycles. The van der Waals surface area contributed by atoms with Crippen LogP contribution in [-0.2, 0) is 12.8 Å². The Balaban J connectivity index is 1.67. The van der Waals surface area contributed by atoms with Crippen molar-refractivity contribution in [2.75, 3.05) is 11.6 Å². The Hall–Kier alpha value is -3.68. The predicted molar refractivity (Wildman–Crippen MR) is 119 cm³/mol. The van der Waals surface area contributed by atoms with E-state index in [1.165, 1.54) is 11.1 Å². The van der Waals surface area contributed by atoms with Crippen molar-refractivity contribution in [3.8, 4) is 5.75 Å². The predicted octanol–water partition coefficient (Wildman–Crippen LogP) is 2.88. The summed E-state index contributed by atoms with van der Waals surface area (Å²) in [6, 6.07) is 15.9. The lowest BCUT2D eigenvalue weighted by atomic mass is 9.92. The zero-order chi connectivity index (χ0) is 22.7. The number of aromatic hydroxyl groups is 1. The van der Waals surface area contributed by atoms with Crippen LogP contribution in [0.2, 0.25) is 0 Å². The molecule has 3 heterocycles. The average Bonchev–Trinajstić information content (AvgIpc) is 3.00. The summed E-state index contributed by atoms with van der Waals surface area (Å²) in [4.78, 5) is 28.4. The molecule has 33 heavy (non-hydrogen) atoms. The number of piperidine rings is 1. The topological polar surface area (TPSA) is 78.7 Å². The summed E-state index contributed by atoms with van der Waals surface area (Å²) in [5, 5.41) is 16.4. The molecule has 3 aromatic rings. The lowest BCUT2D eigenvalue weighted by Crippen LogP contribution is -2.64. The molecule has 3 aliphatic rings.